The second-order valence-corrected chi connectivity index (χ2v) is 6.99. The van der Waals surface area contributed by atoms with Crippen LogP contribution >= 0.6 is 33.9 Å². The van der Waals surface area contributed by atoms with Crippen molar-refractivity contribution in [1.82, 2.24) is 0 Å². The van der Waals surface area contributed by atoms with Gasteiger partial charge in [0.1, 0.15) is 15.7 Å². The Morgan fingerprint density at radius 3 is 2.25 bits per heavy atom. The highest BCUT2D eigenvalue weighted by Crippen LogP contribution is 2.38. The summed E-state index contributed by atoms with van der Waals surface area (Å²) in [7, 11) is 1.06. The summed E-state index contributed by atoms with van der Waals surface area (Å²) in [5, 5.41) is -0.560. The molecule has 0 heterocycles. The number of halogens is 6. The Morgan fingerprint density at radius 2 is 1.75 bits per heavy atom. The predicted molar refractivity (Wildman–Crippen MR) is 70.3 cm³/mol. The van der Waals surface area contributed by atoms with Crippen molar-refractivity contribution < 1.29 is 26.3 Å². The zero-order valence-corrected chi connectivity index (χ0v) is 12.8. The molecule has 0 atom stereocenters. The van der Waals surface area contributed by atoms with E-state index in [2.05, 4.69) is 0 Å². The van der Waals surface area contributed by atoms with Gasteiger partial charge in [0, 0.05) is 17.1 Å². The SMILES string of the molecule is O=S(=O)(Cl)c1ccc(OCCCC(F)(F)F)c(Cl)c1Cl. The number of hydrogen-bond donors (Lipinski definition) is 0. The molecule has 20 heavy (non-hydrogen) atoms. The molecule has 114 valence electrons. The fraction of sp³-hybridized carbons (Fsp3) is 0.400. The standard InChI is InChI=1S/C10H8Cl3F3O3S/c11-8-6(19-5-1-4-10(14,15)16)2-3-7(9(8)12)20(13,17)18/h2-3H,1,4-5H2. The van der Waals surface area contributed by atoms with E-state index in [1.54, 1.807) is 0 Å². The van der Waals surface area contributed by atoms with Crippen molar-refractivity contribution in [1.29, 1.82) is 0 Å². The van der Waals surface area contributed by atoms with E-state index in [4.69, 9.17) is 38.6 Å². The lowest BCUT2D eigenvalue weighted by atomic mass is 10.3. The monoisotopic (exact) mass is 370 g/mol. The molecule has 1 aromatic rings. The van der Waals surface area contributed by atoms with Gasteiger partial charge >= 0.3 is 6.18 Å². The molecule has 0 radical (unpaired) electrons. The maximum atomic E-state index is 11.9. The number of rotatable bonds is 5. The van der Waals surface area contributed by atoms with Crippen molar-refractivity contribution >= 4 is 42.9 Å². The summed E-state index contributed by atoms with van der Waals surface area (Å²) in [6.45, 7) is -0.234. The molecule has 0 bridgehead atoms. The zero-order valence-electron chi connectivity index (χ0n) is 9.68. The normalized spacial score (nSPS) is 12.5. The van der Waals surface area contributed by atoms with Gasteiger partial charge in [0.2, 0.25) is 0 Å². The molecular weight excluding hydrogens is 364 g/mol. The Labute approximate surface area is 128 Å². The Hall–Kier alpha value is -0.370. The molecule has 0 fully saturated rings. The largest absolute Gasteiger partial charge is 0.492 e. The molecule has 0 N–H and O–H groups in total. The van der Waals surface area contributed by atoms with Gasteiger partial charge in [-0.2, -0.15) is 13.2 Å². The summed E-state index contributed by atoms with van der Waals surface area (Å²) in [5.74, 6) is -0.0112. The van der Waals surface area contributed by atoms with Gasteiger partial charge in [0.15, 0.2) is 0 Å². The summed E-state index contributed by atoms with van der Waals surface area (Å²) < 4.78 is 63.1. The lowest BCUT2D eigenvalue weighted by Gasteiger charge is -2.11. The van der Waals surface area contributed by atoms with Crippen molar-refractivity contribution in [2.24, 2.45) is 0 Å². The molecule has 0 aliphatic carbocycles. The molecule has 0 aromatic heterocycles. The van der Waals surface area contributed by atoms with Crippen LogP contribution in [-0.4, -0.2) is 21.2 Å². The van der Waals surface area contributed by atoms with E-state index < -0.39 is 26.5 Å². The molecule has 1 aromatic carbocycles. The maximum Gasteiger partial charge on any atom is 0.389 e. The zero-order chi connectivity index (χ0) is 15.6. The highest BCUT2D eigenvalue weighted by atomic mass is 35.7. The van der Waals surface area contributed by atoms with Crippen LogP contribution in [0.5, 0.6) is 5.75 Å². The fourth-order valence-electron chi connectivity index (χ4n) is 1.27. The minimum Gasteiger partial charge on any atom is -0.492 e. The fourth-order valence-corrected chi connectivity index (χ4v) is 3.06. The van der Waals surface area contributed by atoms with Crippen LogP contribution in [0.15, 0.2) is 17.0 Å². The summed E-state index contributed by atoms with van der Waals surface area (Å²) >= 11 is 11.5. The van der Waals surface area contributed by atoms with Gasteiger partial charge in [0.25, 0.3) is 9.05 Å². The van der Waals surface area contributed by atoms with Gasteiger partial charge in [-0.15, -0.1) is 0 Å². The maximum absolute atomic E-state index is 11.9. The van der Waals surface area contributed by atoms with Crippen molar-refractivity contribution in [3.05, 3.63) is 22.2 Å². The van der Waals surface area contributed by atoms with Gasteiger partial charge in [0.05, 0.1) is 11.6 Å². The third-order valence-electron chi connectivity index (χ3n) is 2.14. The Balaban J connectivity index is 2.77. The quantitative estimate of drug-likeness (QED) is 0.559. The van der Waals surface area contributed by atoms with E-state index in [0.29, 0.717) is 0 Å². The second-order valence-electron chi connectivity index (χ2n) is 3.69. The average Bonchev–Trinajstić information content (AvgIpc) is 2.26. The van der Waals surface area contributed by atoms with Crippen LogP contribution in [0.1, 0.15) is 12.8 Å². The summed E-state index contributed by atoms with van der Waals surface area (Å²) in [4.78, 5) is -0.395. The highest BCUT2D eigenvalue weighted by molar-refractivity contribution is 8.13. The first kappa shape index (κ1) is 17.7. The molecular formula is C10H8Cl3F3O3S. The smallest absolute Gasteiger partial charge is 0.389 e. The summed E-state index contributed by atoms with van der Waals surface area (Å²) in [6, 6.07) is 2.24. The van der Waals surface area contributed by atoms with E-state index in [1.807, 2.05) is 0 Å². The third kappa shape index (κ3) is 5.20. The van der Waals surface area contributed by atoms with Gasteiger partial charge in [-0.1, -0.05) is 23.2 Å². The number of alkyl halides is 3. The molecule has 0 aliphatic rings. The third-order valence-corrected chi connectivity index (χ3v) is 4.48. The van der Waals surface area contributed by atoms with E-state index in [9.17, 15) is 21.6 Å². The molecule has 0 saturated heterocycles. The summed E-state index contributed by atoms with van der Waals surface area (Å²) in [6.07, 6.45) is -5.51. The number of benzene rings is 1. The minimum absolute atomic E-state index is 0.0112. The topological polar surface area (TPSA) is 43.4 Å². The first-order valence-electron chi connectivity index (χ1n) is 5.14. The predicted octanol–water partition coefficient (Wildman–Crippen LogP) is 4.64. The average molecular weight is 372 g/mol. The minimum atomic E-state index is -4.26. The van der Waals surface area contributed by atoms with E-state index >= 15 is 0 Å². The molecule has 0 unspecified atom stereocenters. The van der Waals surface area contributed by atoms with Crippen LogP contribution in [-0.2, 0) is 9.05 Å². The van der Waals surface area contributed by atoms with Crippen LogP contribution in [0.3, 0.4) is 0 Å². The molecule has 0 spiro atoms. The van der Waals surface area contributed by atoms with Gasteiger partial charge in [-0.05, 0) is 18.6 Å². The highest BCUT2D eigenvalue weighted by Gasteiger charge is 2.26. The molecule has 0 saturated carbocycles. The first-order valence-corrected chi connectivity index (χ1v) is 8.21. The number of hydrogen-bond acceptors (Lipinski definition) is 3. The number of ether oxygens (including phenoxy) is 1. The van der Waals surface area contributed by atoms with Crippen LogP contribution < -0.4 is 4.74 Å². The molecule has 1 rings (SSSR count). The van der Waals surface area contributed by atoms with Gasteiger partial charge in [-0.3, -0.25) is 0 Å². The Bertz CT molecular complexity index is 587. The Kier molecular flexibility index (Phi) is 5.83. The second kappa shape index (κ2) is 6.60. The molecule has 0 aliphatic heterocycles. The van der Waals surface area contributed by atoms with E-state index in [1.165, 1.54) is 6.07 Å². The van der Waals surface area contributed by atoms with Crippen molar-refractivity contribution in [3.63, 3.8) is 0 Å². The Morgan fingerprint density at radius 1 is 1.15 bits per heavy atom. The van der Waals surface area contributed by atoms with Gasteiger partial charge < -0.3 is 4.74 Å². The van der Waals surface area contributed by atoms with Crippen LogP contribution in [0.25, 0.3) is 0 Å². The van der Waals surface area contributed by atoms with Crippen molar-refractivity contribution in [2.45, 2.75) is 23.9 Å². The molecule has 10 heteroatoms. The van der Waals surface area contributed by atoms with E-state index in [-0.39, 0.29) is 28.8 Å². The molecule has 0 amide bonds. The van der Waals surface area contributed by atoms with E-state index in [0.717, 1.165) is 6.07 Å². The first-order chi connectivity index (χ1) is 9.02. The molecule has 3 nitrogen and oxygen atoms in total. The summed E-state index contributed by atoms with van der Waals surface area (Å²) in [5.41, 5.74) is 0. The van der Waals surface area contributed by atoms with Crippen molar-refractivity contribution in [2.75, 3.05) is 6.61 Å². The van der Waals surface area contributed by atoms with Crippen LogP contribution in [0.4, 0.5) is 13.2 Å². The van der Waals surface area contributed by atoms with Crippen molar-refractivity contribution in [3.8, 4) is 5.75 Å². The lowest BCUT2D eigenvalue weighted by molar-refractivity contribution is -0.136. The van der Waals surface area contributed by atoms with Crippen LogP contribution in [0.2, 0.25) is 10.0 Å². The van der Waals surface area contributed by atoms with Gasteiger partial charge in [-0.25, -0.2) is 8.42 Å². The van der Waals surface area contributed by atoms with Crippen LogP contribution in [0, 0.1) is 0 Å². The lowest BCUT2D eigenvalue weighted by Crippen LogP contribution is -2.10.